The minimum Gasteiger partial charge on any atom is -0.351 e. The van der Waals surface area contributed by atoms with E-state index in [4.69, 9.17) is 9.97 Å². The highest BCUT2D eigenvalue weighted by Crippen LogP contribution is 2.32. The Balaban J connectivity index is 1.59. The molecule has 0 amide bonds. The molecule has 29 heavy (non-hydrogen) atoms. The van der Waals surface area contributed by atoms with E-state index in [2.05, 4.69) is 51.8 Å². The summed E-state index contributed by atoms with van der Waals surface area (Å²) in [6.07, 6.45) is 9.43. The molecular formula is C22H23N7. The Hall–Kier alpha value is -3.32. The fraction of sp³-hybridized carbons (Fsp3) is 0.273. The molecule has 0 saturated carbocycles. The summed E-state index contributed by atoms with van der Waals surface area (Å²) in [5.74, 6) is 0.660. The molecule has 1 aliphatic rings. The number of nitrogens with one attached hydrogen (secondary N) is 2. The highest BCUT2D eigenvalue weighted by atomic mass is 15.1. The number of imidazole rings is 1. The molecule has 7 heteroatoms. The van der Waals surface area contributed by atoms with E-state index in [-0.39, 0.29) is 0 Å². The zero-order chi connectivity index (χ0) is 19.6. The molecule has 0 aliphatic carbocycles. The van der Waals surface area contributed by atoms with Crippen molar-refractivity contribution in [2.75, 3.05) is 18.4 Å². The first-order valence-electron chi connectivity index (χ1n) is 9.98. The van der Waals surface area contributed by atoms with Gasteiger partial charge in [-0.15, -0.1) is 0 Å². The van der Waals surface area contributed by atoms with Gasteiger partial charge in [0.1, 0.15) is 0 Å². The van der Waals surface area contributed by atoms with Gasteiger partial charge in [-0.25, -0.2) is 15.0 Å². The number of aromatic nitrogens is 5. The highest BCUT2D eigenvalue weighted by Gasteiger charge is 2.19. The largest absolute Gasteiger partial charge is 0.351 e. The first-order chi connectivity index (χ1) is 14.3. The quantitative estimate of drug-likeness (QED) is 0.561. The highest BCUT2D eigenvalue weighted by molar-refractivity contribution is 5.80. The third kappa shape index (κ3) is 3.56. The van der Waals surface area contributed by atoms with Crippen LogP contribution in [0.3, 0.4) is 0 Å². The Bertz CT molecular complexity index is 1130. The summed E-state index contributed by atoms with van der Waals surface area (Å²) in [6.45, 7) is 4.13. The molecule has 0 bridgehead atoms. The summed E-state index contributed by atoms with van der Waals surface area (Å²) < 4.78 is 2.04. The maximum Gasteiger partial charge on any atom is 0.223 e. The average molecular weight is 385 g/mol. The number of rotatable bonds is 4. The van der Waals surface area contributed by atoms with Crippen LogP contribution in [0, 0.1) is 6.92 Å². The molecule has 146 valence electrons. The number of benzene rings is 1. The molecule has 1 saturated heterocycles. The number of piperidine rings is 1. The summed E-state index contributed by atoms with van der Waals surface area (Å²) in [7, 11) is 0. The van der Waals surface area contributed by atoms with Gasteiger partial charge < -0.3 is 10.6 Å². The Labute approximate surface area is 169 Å². The second-order valence-electron chi connectivity index (χ2n) is 7.41. The summed E-state index contributed by atoms with van der Waals surface area (Å²) in [4.78, 5) is 18.4. The summed E-state index contributed by atoms with van der Waals surface area (Å²) >= 11 is 0. The van der Waals surface area contributed by atoms with Crippen LogP contribution in [-0.2, 0) is 0 Å². The van der Waals surface area contributed by atoms with E-state index in [9.17, 15) is 0 Å². The van der Waals surface area contributed by atoms with E-state index >= 15 is 0 Å². The van der Waals surface area contributed by atoms with Gasteiger partial charge in [-0.3, -0.25) is 9.38 Å². The lowest BCUT2D eigenvalue weighted by molar-refractivity contribution is 0.477. The normalized spacial score (nSPS) is 14.9. The molecule has 1 aromatic carbocycles. The van der Waals surface area contributed by atoms with Crippen molar-refractivity contribution in [3.8, 4) is 22.6 Å². The topological polar surface area (TPSA) is 80.0 Å². The maximum atomic E-state index is 4.85. The predicted octanol–water partition coefficient (Wildman–Crippen LogP) is 3.33. The first-order valence-corrected chi connectivity index (χ1v) is 9.98. The zero-order valence-corrected chi connectivity index (χ0v) is 16.3. The van der Waals surface area contributed by atoms with Gasteiger partial charge in [0.2, 0.25) is 5.95 Å². The van der Waals surface area contributed by atoms with E-state index < -0.39 is 0 Å². The van der Waals surface area contributed by atoms with Gasteiger partial charge in [0.25, 0.3) is 0 Å². The number of hydrogen-bond acceptors (Lipinski definition) is 6. The molecular weight excluding hydrogens is 362 g/mol. The Morgan fingerprint density at radius 2 is 1.86 bits per heavy atom. The van der Waals surface area contributed by atoms with Crippen LogP contribution >= 0.6 is 0 Å². The van der Waals surface area contributed by atoms with E-state index in [0.29, 0.717) is 12.0 Å². The summed E-state index contributed by atoms with van der Waals surface area (Å²) in [5.41, 5.74) is 5.75. The Kier molecular flexibility index (Phi) is 4.65. The van der Waals surface area contributed by atoms with Gasteiger partial charge in [-0.1, -0.05) is 29.8 Å². The maximum absolute atomic E-state index is 4.85. The minimum absolute atomic E-state index is 0.398. The van der Waals surface area contributed by atoms with Crippen LogP contribution in [-0.4, -0.2) is 43.5 Å². The molecule has 5 rings (SSSR count). The molecule has 0 spiro atoms. The van der Waals surface area contributed by atoms with Crippen LogP contribution in [0.15, 0.2) is 55.1 Å². The number of aryl methyl sites for hydroxylation is 1. The van der Waals surface area contributed by atoms with Crippen molar-refractivity contribution in [2.24, 2.45) is 0 Å². The molecule has 2 N–H and O–H groups in total. The fourth-order valence-corrected chi connectivity index (χ4v) is 3.77. The molecule has 4 aromatic rings. The standard InChI is InChI=1S/C22H23N7/c1-15-2-4-16(5-3-15)20-21(29-13-12-24-14-19(29)28-20)18-8-11-25-22(27-18)26-17-6-9-23-10-7-17/h2-5,8,11-14,17,23H,6-7,9-10H2,1H3,(H,25,26,27). The van der Waals surface area contributed by atoms with E-state index in [0.717, 1.165) is 54.2 Å². The van der Waals surface area contributed by atoms with Gasteiger partial charge in [0.05, 0.1) is 23.3 Å². The van der Waals surface area contributed by atoms with Crippen molar-refractivity contribution < 1.29 is 0 Å². The molecule has 0 unspecified atom stereocenters. The number of fused-ring (bicyclic) bond motifs is 1. The minimum atomic E-state index is 0.398. The van der Waals surface area contributed by atoms with Crippen molar-refractivity contribution in [3.63, 3.8) is 0 Å². The lowest BCUT2D eigenvalue weighted by atomic mass is 10.1. The molecule has 0 radical (unpaired) electrons. The van der Waals surface area contributed by atoms with E-state index in [1.807, 2.05) is 22.9 Å². The predicted molar refractivity (Wildman–Crippen MR) is 114 cm³/mol. The van der Waals surface area contributed by atoms with E-state index in [1.165, 1.54) is 5.56 Å². The van der Waals surface area contributed by atoms with Crippen LogP contribution in [0.1, 0.15) is 18.4 Å². The van der Waals surface area contributed by atoms with Crippen molar-refractivity contribution in [1.29, 1.82) is 0 Å². The fourth-order valence-electron chi connectivity index (χ4n) is 3.77. The van der Waals surface area contributed by atoms with Crippen molar-refractivity contribution in [2.45, 2.75) is 25.8 Å². The van der Waals surface area contributed by atoms with Crippen molar-refractivity contribution in [3.05, 3.63) is 60.7 Å². The van der Waals surface area contributed by atoms with Gasteiger partial charge in [0, 0.05) is 30.2 Å². The van der Waals surface area contributed by atoms with Crippen LogP contribution in [0.5, 0.6) is 0 Å². The SMILES string of the molecule is Cc1ccc(-c2nc3cnccn3c2-c2ccnc(NC3CCNCC3)n2)cc1. The molecule has 4 heterocycles. The third-order valence-electron chi connectivity index (χ3n) is 5.33. The zero-order valence-electron chi connectivity index (χ0n) is 16.3. The van der Waals surface area contributed by atoms with Crippen LogP contribution in [0.4, 0.5) is 5.95 Å². The van der Waals surface area contributed by atoms with Gasteiger partial charge in [0.15, 0.2) is 5.65 Å². The van der Waals surface area contributed by atoms with E-state index in [1.54, 1.807) is 12.4 Å². The Morgan fingerprint density at radius 3 is 2.69 bits per heavy atom. The Morgan fingerprint density at radius 1 is 1.03 bits per heavy atom. The number of nitrogens with zero attached hydrogens (tertiary/aromatic N) is 5. The van der Waals surface area contributed by atoms with Gasteiger partial charge in [-0.05, 0) is 38.9 Å². The molecule has 0 atom stereocenters. The third-order valence-corrected chi connectivity index (χ3v) is 5.33. The smallest absolute Gasteiger partial charge is 0.223 e. The number of anilines is 1. The molecule has 1 fully saturated rings. The van der Waals surface area contributed by atoms with Crippen molar-refractivity contribution in [1.82, 2.24) is 29.7 Å². The second kappa shape index (κ2) is 7.60. The molecule has 1 aliphatic heterocycles. The second-order valence-corrected chi connectivity index (χ2v) is 7.41. The van der Waals surface area contributed by atoms with Crippen LogP contribution in [0.25, 0.3) is 28.3 Å². The molecule has 3 aromatic heterocycles. The summed E-state index contributed by atoms with van der Waals surface area (Å²) in [6, 6.07) is 10.7. The van der Waals surface area contributed by atoms with Gasteiger partial charge >= 0.3 is 0 Å². The van der Waals surface area contributed by atoms with Crippen LogP contribution in [0.2, 0.25) is 0 Å². The van der Waals surface area contributed by atoms with Gasteiger partial charge in [-0.2, -0.15) is 0 Å². The average Bonchev–Trinajstić information content (AvgIpc) is 3.15. The monoisotopic (exact) mass is 385 g/mol. The first kappa shape index (κ1) is 17.8. The lowest BCUT2D eigenvalue weighted by Crippen LogP contribution is -2.35. The number of hydrogen-bond donors (Lipinski definition) is 2. The van der Waals surface area contributed by atoms with Crippen LogP contribution < -0.4 is 10.6 Å². The van der Waals surface area contributed by atoms with Crippen molar-refractivity contribution >= 4 is 11.6 Å². The molecule has 7 nitrogen and oxygen atoms in total. The lowest BCUT2D eigenvalue weighted by Gasteiger charge is -2.23. The summed E-state index contributed by atoms with van der Waals surface area (Å²) in [5, 5.41) is 6.88.